The number of aryl methyl sites for hydroxylation is 2. The number of hydrogen-bond acceptors (Lipinski definition) is 5. The summed E-state index contributed by atoms with van der Waals surface area (Å²) in [6.45, 7) is 1.18. The molecule has 154 valence electrons. The molecule has 1 saturated heterocycles. The molecule has 0 amide bonds. The average Bonchev–Trinajstić information content (AvgIpc) is 3.53. The van der Waals surface area contributed by atoms with Crippen LogP contribution in [-0.2, 0) is 22.9 Å². The third-order valence-corrected chi connectivity index (χ3v) is 7.48. The normalized spacial score (nSPS) is 15.2. The van der Waals surface area contributed by atoms with Crippen LogP contribution in [0.4, 0.5) is 0 Å². The van der Waals surface area contributed by atoms with Crippen molar-refractivity contribution in [1.82, 2.24) is 19.4 Å². The van der Waals surface area contributed by atoms with Crippen LogP contribution < -0.4 is 0 Å². The first-order chi connectivity index (χ1) is 14.6. The lowest BCUT2D eigenvalue weighted by molar-refractivity contribution is 0.379. The van der Waals surface area contributed by atoms with Gasteiger partial charge in [-0.15, -0.1) is 0 Å². The highest BCUT2D eigenvalue weighted by molar-refractivity contribution is 7.89. The van der Waals surface area contributed by atoms with Crippen molar-refractivity contribution in [3.8, 4) is 11.4 Å². The molecule has 4 aromatic rings. The van der Waals surface area contributed by atoms with E-state index in [1.807, 2.05) is 18.3 Å². The van der Waals surface area contributed by atoms with E-state index in [0.717, 1.165) is 30.3 Å². The standard InChI is InChI=1S/C22H22N4O3S/c27-30(28,26-13-3-4-14-26)18-10-7-16(8-11-18)22-24-21(29-25-22)12-9-17-15-23-20-6-2-1-5-19(17)20/h1-2,5-8,10-11,15,23H,3-4,9,12-14H2. The van der Waals surface area contributed by atoms with Gasteiger partial charge in [-0.25, -0.2) is 8.42 Å². The summed E-state index contributed by atoms with van der Waals surface area (Å²) in [6.07, 6.45) is 5.28. The van der Waals surface area contributed by atoms with Crippen molar-refractivity contribution in [1.29, 1.82) is 0 Å². The molecule has 8 heteroatoms. The van der Waals surface area contributed by atoms with Crippen LogP contribution in [0.25, 0.3) is 22.3 Å². The molecular formula is C22H22N4O3S. The van der Waals surface area contributed by atoms with Crippen LogP contribution in [-0.4, -0.2) is 40.9 Å². The Kier molecular flexibility index (Phi) is 4.88. The number of fused-ring (bicyclic) bond motifs is 1. The molecule has 1 N–H and O–H groups in total. The second kappa shape index (κ2) is 7.70. The van der Waals surface area contributed by atoms with Crippen molar-refractivity contribution in [3.63, 3.8) is 0 Å². The molecule has 1 aliphatic rings. The fourth-order valence-corrected chi connectivity index (χ4v) is 5.42. The molecular weight excluding hydrogens is 400 g/mol. The Bertz CT molecular complexity index is 1270. The van der Waals surface area contributed by atoms with E-state index < -0.39 is 10.0 Å². The molecule has 30 heavy (non-hydrogen) atoms. The number of aromatic amines is 1. The van der Waals surface area contributed by atoms with E-state index in [1.54, 1.807) is 28.6 Å². The minimum absolute atomic E-state index is 0.302. The first-order valence-corrected chi connectivity index (χ1v) is 11.5. The number of sulfonamides is 1. The molecule has 1 aliphatic heterocycles. The summed E-state index contributed by atoms with van der Waals surface area (Å²) >= 11 is 0. The average molecular weight is 423 g/mol. The Labute approximate surface area is 174 Å². The SMILES string of the molecule is O=S(=O)(c1ccc(-c2noc(CCc3c[nH]c4ccccc34)n2)cc1)N1CCCC1. The van der Waals surface area contributed by atoms with Gasteiger partial charge in [0.15, 0.2) is 0 Å². The topological polar surface area (TPSA) is 92.1 Å². The van der Waals surface area contributed by atoms with E-state index in [-0.39, 0.29) is 0 Å². The summed E-state index contributed by atoms with van der Waals surface area (Å²) in [5.74, 6) is 1.03. The lowest BCUT2D eigenvalue weighted by Gasteiger charge is -2.15. The summed E-state index contributed by atoms with van der Waals surface area (Å²) in [6, 6.07) is 14.9. The third-order valence-electron chi connectivity index (χ3n) is 5.57. The summed E-state index contributed by atoms with van der Waals surface area (Å²) < 4.78 is 32.3. The van der Waals surface area contributed by atoms with Gasteiger partial charge in [-0.1, -0.05) is 23.4 Å². The second-order valence-electron chi connectivity index (χ2n) is 7.51. The quantitative estimate of drug-likeness (QED) is 0.510. The highest BCUT2D eigenvalue weighted by atomic mass is 32.2. The Morgan fingerprint density at radius 1 is 1.00 bits per heavy atom. The summed E-state index contributed by atoms with van der Waals surface area (Å²) in [5, 5.41) is 5.27. The minimum Gasteiger partial charge on any atom is -0.361 e. The zero-order valence-corrected chi connectivity index (χ0v) is 17.2. The molecule has 7 nitrogen and oxygen atoms in total. The molecule has 0 spiro atoms. The predicted molar refractivity (Wildman–Crippen MR) is 113 cm³/mol. The van der Waals surface area contributed by atoms with E-state index >= 15 is 0 Å². The Balaban J connectivity index is 1.29. The van der Waals surface area contributed by atoms with Crippen molar-refractivity contribution < 1.29 is 12.9 Å². The highest BCUT2D eigenvalue weighted by Gasteiger charge is 2.27. The van der Waals surface area contributed by atoms with Gasteiger partial charge in [0.05, 0.1) is 4.90 Å². The monoisotopic (exact) mass is 422 g/mol. The molecule has 0 unspecified atom stereocenters. The zero-order valence-electron chi connectivity index (χ0n) is 16.4. The van der Waals surface area contributed by atoms with Crippen LogP contribution in [0.5, 0.6) is 0 Å². The Morgan fingerprint density at radius 2 is 1.77 bits per heavy atom. The van der Waals surface area contributed by atoms with Crippen LogP contribution in [0.3, 0.4) is 0 Å². The fraction of sp³-hybridized carbons (Fsp3) is 0.273. The number of rotatable bonds is 6. The number of benzene rings is 2. The molecule has 0 bridgehead atoms. The van der Waals surface area contributed by atoms with Gasteiger partial charge in [-0.3, -0.25) is 0 Å². The van der Waals surface area contributed by atoms with Crippen molar-refractivity contribution in [2.75, 3.05) is 13.1 Å². The van der Waals surface area contributed by atoms with E-state index in [0.29, 0.717) is 36.1 Å². The Morgan fingerprint density at radius 3 is 2.57 bits per heavy atom. The van der Waals surface area contributed by atoms with Crippen molar-refractivity contribution in [2.24, 2.45) is 0 Å². The lowest BCUT2D eigenvalue weighted by atomic mass is 10.1. The summed E-state index contributed by atoms with van der Waals surface area (Å²) in [7, 11) is -3.42. The van der Waals surface area contributed by atoms with Crippen molar-refractivity contribution in [2.45, 2.75) is 30.6 Å². The molecule has 3 heterocycles. The first kappa shape index (κ1) is 19.0. The number of aromatic nitrogens is 3. The first-order valence-electron chi connectivity index (χ1n) is 10.1. The van der Waals surface area contributed by atoms with Crippen molar-refractivity contribution in [3.05, 3.63) is 66.2 Å². The van der Waals surface area contributed by atoms with E-state index in [9.17, 15) is 8.42 Å². The summed E-state index contributed by atoms with van der Waals surface area (Å²) in [4.78, 5) is 8.06. The molecule has 0 atom stereocenters. The van der Waals surface area contributed by atoms with E-state index in [1.165, 1.54) is 10.9 Å². The van der Waals surface area contributed by atoms with Gasteiger partial charge in [0.1, 0.15) is 0 Å². The van der Waals surface area contributed by atoms with Crippen LogP contribution in [0.15, 0.2) is 64.1 Å². The maximum absolute atomic E-state index is 12.7. The summed E-state index contributed by atoms with van der Waals surface area (Å²) in [5.41, 5.74) is 3.06. The van der Waals surface area contributed by atoms with Crippen molar-refractivity contribution >= 4 is 20.9 Å². The Hall–Kier alpha value is -2.97. The number of para-hydroxylation sites is 1. The van der Waals surface area contributed by atoms with Crippen LogP contribution in [0, 0.1) is 0 Å². The number of H-pyrrole nitrogens is 1. The maximum atomic E-state index is 12.7. The highest BCUT2D eigenvalue weighted by Crippen LogP contribution is 2.24. The minimum atomic E-state index is -3.42. The van der Waals surface area contributed by atoms with Crippen LogP contribution >= 0.6 is 0 Å². The van der Waals surface area contributed by atoms with Gasteiger partial charge in [0.25, 0.3) is 0 Å². The number of nitrogens with zero attached hydrogens (tertiary/aromatic N) is 3. The van der Waals surface area contributed by atoms with Gasteiger partial charge in [0, 0.05) is 42.2 Å². The van der Waals surface area contributed by atoms with Crippen LogP contribution in [0.2, 0.25) is 0 Å². The lowest BCUT2D eigenvalue weighted by Crippen LogP contribution is -2.27. The van der Waals surface area contributed by atoms with Gasteiger partial charge >= 0.3 is 0 Å². The molecule has 1 fully saturated rings. The largest absolute Gasteiger partial charge is 0.361 e. The second-order valence-corrected chi connectivity index (χ2v) is 9.44. The maximum Gasteiger partial charge on any atom is 0.243 e. The molecule has 0 aliphatic carbocycles. The molecule has 2 aromatic carbocycles. The fourth-order valence-electron chi connectivity index (χ4n) is 3.91. The number of hydrogen-bond donors (Lipinski definition) is 1. The molecule has 0 saturated carbocycles. The molecule has 2 aromatic heterocycles. The van der Waals surface area contributed by atoms with Gasteiger partial charge < -0.3 is 9.51 Å². The predicted octanol–water partition coefficient (Wildman–Crippen LogP) is 3.79. The molecule has 5 rings (SSSR count). The van der Waals surface area contributed by atoms with Gasteiger partial charge in [-0.2, -0.15) is 9.29 Å². The van der Waals surface area contributed by atoms with Gasteiger partial charge in [-0.05, 0) is 55.2 Å². The number of nitrogens with one attached hydrogen (secondary N) is 1. The van der Waals surface area contributed by atoms with E-state index in [4.69, 9.17) is 4.52 Å². The smallest absolute Gasteiger partial charge is 0.243 e. The molecule has 0 radical (unpaired) electrons. The third kappa shape index (κ3) is 3.53. The van der Waals surface area contributed by atoms with Gasteiger partial charge in [0.2, 0.25) is 21.7 Å². The van der Waals surface area contributed by atoms with Crippen LogP contribution in [0.1, 0.15) is 24.3 Å². The van der Waals surface area contributed by atoms with E-state index in [2.05, 4.69) is 27.3 Å². The zero-order chi connectivity index (χ0) is 20.6.